The molecule has 0 saturated heterocycles. The number of benzene rings is 3. The van der Waals surface area contributed by atoms with Crippen LogP contribution in [-0.2, 0) is 16.0 Å². The fourth-order valence-corrected chi connectivity index (χ4v) is 3.22. The number of carbonyl (C=O) groups is 2. The zero-order valence-electron chi connectivity index (χ0n) is 19.0. The molecule has 2 amide bonds. The van der Waals surface area contributed by atoms with Gasteiger partial charge in [-0.3, -0.25) is 9.59 Å². The Bertz CT molecular complexity index is 1040. The van der Waals surface area contributed by atoms with Crippen LogP contribution in [0, 0.1) is 0 Å². The quantitative estimate of drug-likeness (QED) is 0.322. The zero-order chi connectivity index (χ0) is 23.3. The summed E-state index contributed by atoms with van der Waals surface area (Å²) in [5.41, 5.74) is 3.22. The largest absolute Gasteiger partial charge is 0.494 e. The van der Waals surface area contributed by atoms with E-state index >= 15 is 0 Å². The van der Waals surface area contributed by atoms with Crippen LogP contribution in [-0.4, -0.2) is 25.0 Å². The number of hydrogen-bond acceptors (Lipinski definition) is 4. The molecule has 0 fully saturated rings. The van der Waals surface area contributed by atoms with Crippen LogP contribution in [0.4, 0.5) is 17.1 Å². The van der Waals surface area contributed by atoms with Gasteiger partial charge in [-0.1, -0.05) is 55.8 Å². The monoisotopic (exact) mass is 445 g/mol. The Kier molecular flexibility index (Phi) is 9.33. The second kappa shape index (κ2) is 12.9. The highest BCUT2D eigenvalue weighted by Crippen LogP contribution is 2.18. The topological polar surface area (TPSA) is 79.5 Å². The molecule has 33 heavy (non-hydrogen) atoms. The van der Waals surface area contributed by atoms with Gasteiger partial charge in [0.25, 0.3) is 0 Å². The van der Waals surface area contributed by atoms with Crippen LogP contribution in [0.5, 0.6) is 5.75 Å². The number of ether oxygens (including phenoxy) is 1. The van der Waals surface area contributed by atoms with E-state index in [4.69, 9.17) is 4.74 Å². The molecule has 0 atom stereocenters. The van der Waals surface area contributed by atoms with Crippen molar-refractivity contribution in [2.45, 2.75) is 32.6 Å². The van der Waals surface area contributed by atoms with Crippen LogP contribution in [0.15, 0.2) is 78.9 Å². The highest BCUT2D eigenvalue weighted by Gasteiger charge is 2.07. The third-order valence-electron chi connectivity index (χ3n) is 4.97. The van der Waals surface area contributed by atoms with Crippen molar-refractivity contribution < 1.29 is 14.3 Å². The lowest BCUT2D eigenvalue weighted by Crippen LogP contribution is -2.22. The van der Waals surface area contributed by atoms with Crippen molar-refractivity contribution in [3.05, 3.63) is 84.4 Å². The molecule has 0 heterocycles. The molecule has 3 rings (SSSR count). The summed E-state index contributed by atoms with van der Waals surface area (Å²) in [7, 11) is 0. The number of unbranched alkanes of at least 4 members (excludes halogenated alkanes) is 1. The van der Waals surface area contributed by atoms with Crippen molar-refractivity contribution in [2.24, 2.45) is 0 Å². The summed E-state index contributed by atoms with van der Waals surface area (Å²) in [6.07, 6.45) is 3.16. The van der Waals surface area contributed by atoms with Gasteiger partial charge in [0.2, 0.25) is 11.8 Å². The van der Waals surface area contributed by atoms with Gasteiger partial charge in [-0.25, -0.2) is 0 Å². The van der Waals surface area contributed by atoms with Crippen molar-refractivity contribution in [2.75, 3.05) is 29.1 Å². The summed E-state index contributed by atoms with van der Waals surface area (Å²) in [6, 6.07) is 24.6. The summed E-state index contributed by atoms with van der Waals surface area (Å²) in [5.74, 6) is 0.537. The lowest BCUT2D eigenvalue weighted by molar-refractivity contribution is -0.116. The van der Waals surface area contributed by atoms with Gasteiger partial charge in [0.05, 0.1) is 13.2 Å². The van der Waals surface area contributed by atoms with Crippen molar-refractivity contribution >= 4 is 28.9 Å². The second-order valence-corrected chi connectivity index (χ2v) is 7.75. The molecule has 0 aromatic heterocycles. The normalized spacial score (nSPS) is 10.3. The molecule has 6 nitrogen and oxygen atoms in total. The number of aryl methyl sites for hydroxylation is 1. The summed E-state index contributed by atoms with van der Waals surface area (Å²) in [6.45, 7) is 2.92. The van der Waals surface area contributed by atoms with Crippen molar-refractivity contribution in [1.29, 1.82) is 0 Å². The Balaban J connectivity index is 1.45. The molecular formula is C27H31N3O3. The molecule has 0 aliphatic carbocycles. The van der Waals surface area contributed by atoms with Crippen LogP contribution < -0.4 is 20.7 Å². The van der Waals surface area contributed by atoms with Crippen molar-refractivity contribution in [3.63, 3.8) is 0 Å². The molecule has 0 unspecified atom stereocenters. The molecular weight excluding hydrogens is 414 g/mol. The number of hydrogen-bond donors (Lipinski definition) is 3. The lowest BCUT2D eigenvalue weighted by Gasteiger charge is -2.11. The molecule has 3 aromatic rings. The predicted molar refractivity (Wildman–Crippen MR) is 134 cm³/mol. The summed E-state index contributed by atoms with van der Waals surface area (Å²) in [5, 5.41) is 8.86. The van der Waals surface area contributed by atoms with E-state index in [-0.39, 0.29) is 18.4 Å². The van der Waals surface area contributed by atoms with Crippen LogP contribution >= 0.6 is 0 Å². The van der Waals surface area contributed by atoms with E-state index in [1.54, 1.807) is 24.3 Å². The van der Waals surface area contributed by atoms with Gasteiger partial charge in [0.15, 0.2) is 0 Å². The number of nitrogens with one attached hydrogen (secondary N) is 3. The summed E-state index contributed by atoms with van der Waals surface area (Å²) < 4.78 is 5.70. The molecule has 172 valence electrons. The first-order valence-electron chi connectivity index (χ1n) is 11.3. The average Bonchev–Trinajstić information content (AvgIpc) is 2.83. The Morgan fingerprint density at radius 2 is 1.48 bits per heavy atom. The van der Waals surface area contributed by atoms with E-state index in [9.17, 15) is 9.59 Å². The maximum absolute atomic E-state index is 12.4. The molecule has 0 radical (unpaired) electrons. The average molecular weight is 446 g/mol. The molecule has 0 aliphatic heterocycles. The number of anilines is 3. The van der Waals surface area contributed by atoms with Crippen molar-refractivity contribution in [1.82, 2.24) is 0 Å². The number of rotatable bonds is 12. The smallest absolute Gasteiger partial charge is 0.243 e. The fraction of sp³-hybridized carbons (Fsp3) is 0.259. The Morgan fingerprint density at radius 1 is 0.788 bits per heavy atom. The van der Waals surface area contributed by atoms with E-state index in [1.807, 2.05) is 54.6 Å². The Labute approximate surface area is 195 Å². The van der Waals surface area contributed by atoms with Gasteiger partial charge in [-0.15, -0.1) is 0 Å². The molecule has 0 spiro atoms. The molecule has 3 aromatic carbocycles. The SMILES string of the molecule is CCCCOc1cccc(NCC(=O)Nc2cccc(NC(=O)CCc3ccccc3)c2)c1. The van der Waals surface area contributed by atoms with E-state index in [0.717, 1.165) is 29.8 Å². The van der Waals surface area contributed by atoms with Crippen molar-refractivity contribution in [3.8, 4) is 5.75 Å². The maximum Gasteiger partial charge on any atom is 0.243 e. The minimum atomic E-state index is -0.181. The first kappa shape index (κ1) is 23.9. The zero-order valence-corrected chi connectivity index (χ0v) is 19.0. The highest BCUT2D eigenvalue weighted by molar-refractivity contribution is 5.95. The van der Waals surface area contributed by atoms with E-state index in [0.29, 0.717) is 30.8 Å². The number of amides is 2. The first-order valence-corrected chi connectivity index (χ1v) is 11.3. The summed E-state index contributed by atoms with van der Waals surface area (Å²) >= 11 is 0. The Morgan fingerprint density at radius 3 is 2.24 bits per heavy atom. The van der Waals surface area contributed by atoms with E-state index in [2.05, 4.69) is 22.9 Å². The molecule has 0 aliphatic rings. The van der Waals surface area contributed by atoms with Gasteiger partial charge in [-0.05, 0) is 48.7 Å². The van der Waals surface area contributed by atoms with E-state index < -0.39 is 0 Å². The molecule has 3 N–H and O–H groups in total. The highest BCUT2D eigenvalue weighted by atomic mass is 16.5. The molecule has 0 bridgehead atoms. The standard InChI is InChI=1S/C27H31N3O3/c1-2-3-17-33-25-14-8-11-22(19-25)28-20-27(32)30-24-13-7-12-23(18-24)29-26(31)16-15-21-9-5-4-6-10-21/h4-14,18-19,28H,2-3,15-17,20H2,1H3,(H,29,31)(H,30,32). The van der Waals surface area contributed by atoms with Crippen LogP contribution in [0.3, 0.4) is 0 Å². The van der Waals surface area contributed by atoms with Gasteiger partial charge in [-0.2, -0.15) is 0 Å². The first-order chi connectivity index (χ1) is 16.1. The Hall–Kier alpha value is -3.80. The van der Waals surface area contributed by atoms with Gasteiger partial charge in [0, 0.05) is 29.5 Å². The van der Waals surface area contributed by atoms with Gasteiger partial charge < -0.3 is 20.7 Å². The van der Waals surface area contributed by atoms with Crippen LogP contribution in [0.1, 0.15) is 31.7 Å². The predicted octanol–water partition coefficient (Wildman–Crippen LogP) is 5.49. The van der Waals surface area contributed by atoms with Crippen LogP contribution in [0.25, 0.3) is 0 Å². The van der Waals surface area contributed by atoms with Crippen LogP contribution in [0.2, 0.25) is 0 Å². The third kappa shape index (κ3) is 8.69. The van der Waals surface area contributed by atoms with E-state index in [1.165, 1.54) is 0 Å². The molecule has 6 heteroatoms. The lowest BCUT2D eigenvalue weighted by atomic mass is 10.1. The fourth-order valence-electron chi connectivity index (χ4n) is 3.22. The molecule has 0 saturated carbocycles. The minimum Gasteiger partial charge on any atom is -0.494 e. The minimum absolute atomic E-state index is 0.0648. The number of carbonyl (C=O) groups excluding carboxylic acids is 2. The maximum atomic E-state index is 12.4. The van der Waals surface area contributed by atoms with Gasteiger partial charge >= 0.3 is 0 Å². The third-order valence-corrected chi connectivity index (χ3v) is 4.97. The summed E-state index contributed by atoms with van der Waals surface area (Å²) in [4.78, 5) is 24.7. The van der Waals surface area contributed by atoms with Gasteiger partial charge in [0.1, 0.15) is 5.75 Å². The second-order valence-electron chi connectivity index (χ2n) is 7.75.